The SMILES string of the molecule is CC(Oc1ccccc1Cl)C(=O)NCCn1nc(-n2cncn2)ccc1=O. The summed E-state index contributed by atoms with van der Waals surface area (Å²) in [6.45, 7) is 2.03. The van der Waals surface area contributed by atoms with Gasteiger partial charge in [0.2, 0.25) is 0 Å². The normalized spacial score (nSPS) is 11.8. The van der Waals surface area contributed by atoms with E-state index >= 15 is 0 Å². The van der Waals surface area contributed by atoms with Crippen LogP contribution in [0.15, 0.2) is 53.8 Å². The van der Waals surface area contributed by atoms with Crippen molar-refractivity contribution in [3.63, 3.8) is 0 Å². The van der Waals surface area contributed by atoms with Crippen molar-refractivity contribution in [2.45, 2.75) is 19.6 Å². The third-order valence-corrected chi connectivity index (χ3v) is 3.95. The highest BCUT2D eigenvalue weighted by molar-refractivity contribution is 6.32. The van der Waals surface area contributed by atoms with Gasteiger partial charge in [0, 0.05) is 12.6 Å². The van der Waals surface area contributed by atoms with Crippen molar-refractivity contribution in [1.29, 1.82) is 0 Å². The lowest BCUT2D eigenvalue weighted by atomic mass is 10.3. The molecule has 9 nitrogen and oxygen atoms in total. The molecule has 1 atom stereocenters. The van der Waals surface area contributed by atoms with E-state index in [1.807, 2.05) is 0 Å². The fraction of sp³-hybridized carbons (Fsp3) is 0.235. The number of para-hydroxylation sites is 1. The molecule has 3 aromatic rings. The third-order valence-electron chi connectivity index (χ3n) is 3.64. The lowest BCUT2D eigenvalue weighted by molar-refractivity contribution is -0.127. The number of nitrogens with one attached hydrogen (secondary N) is 1. The lowest BCUT2D eigenvalue weighted by Gasteiger charge is -2.15. The van der Waals surface area contributed by atoms with Crippen LogP contribution in [-0.4, -0.2) is 43.1 Å². The van der Waals surface area contributed by atoms with Gasteiger partial charge in [-0.15, -0.1) is 5.10 Å². The summed E-state index contributed by atoms with van der Waals surface area (Å²) in [4.78, 5) is 28.0. The third kappa shape index (κ3) is 4.70. The highest BCUT2D eigenvalue weighted by Gasteiger charge is 2.15. The Morgan fingerprint density at radius 1 is 1.30 bits per heavy atom. The number of carbonyl (C=O) groups excluding carboxylic acids is 1. The van der Waals surface area contributed by atoms with E-state index in [1.54, 1.807) is 37.3 Å². The molecule has 3 rings (SSSR count). The van der Waals surface area contributed by atoms with Crippen LogP contribution in [0.3, 0.4) is 0 Å². The van der Waals surface area contributed by atoms with Crippen LogP contribution in [0.4, 0.5) is 0 Å². The first-order chi connectivity index (χ1) is 13.0. The molecule has 0 aliphatic carbocycles. The van der Waals surface area contributed by atoms with Gasteiger partial charge in [-0.25, -0.2) is 14.3 Å². The van der Waals surface area contributed by atoms with E-state index in [4.69, 9.17) is 16.3 Å². The van der Waals surface area contributed by atoms with E-state index in [1.165, 1.54) is 28.1 Å². The molecule has 0 bridgehead atoms. The second-order valence-electron chi connectivity index (χ2n) is 5.57. The van der Waals surface area contributed by atoms with Gasteiger partial charge in [0.15, 0.2) is 11.9 Å². The van der Waals surface area contributed by atoms with Crippen molar-refractivity contribution in [2.75, 3.05) is 6.54 Å². The molecule has 0 saturated heterocycles. The molecule has 2 aromatic heterocycles. The molecular weight excluding hydrogens is 372 g/mol. The molecule has 0 saturated carbocycles. The summed E-state index contributed by atoms with van der Waals surface area (Å²) in [6.07, 6.45) is 2.11. The van der Waals surface area contributed by atoms with Gasteiger partial charge in [-0.3, -0.25) is 9.59 Å². The molecule has 1 aromatic carbocycles. The molecule has 0 aliphatic rings. The fourth-order valence-electron chi connectivity index (χ4n) is 2.26. The summed E-state index contributed by atoms with van der Waals surface area (Å²) in [5, 5.41) is 11.3. The number of rotatable bonds is 7. The Morgan fingerprint density at radius 2 is 2.11 bits per heavy atom. The molecule has 140 valence electrons. The molecule has 10 heteroatoms. The van der Waals surface area contributed by atoms with Crippen LogP contribution in [0.2, 0.25) is 5.02 Å². The smallest absolute Gasteiger partial charge is 0.266 e. The number of hydrogen-bond donors (Lipinski definition) is 1. The number of nitrogens with zero attached hydrogens (tertiary/aromatic N) is 5. The van der Waals surface area contributed by atoms with E-state index in [9.17, 15) is 9.59 Å². The van der Waals surface area contributed by atoms with Crippen LogP contribution in [-0.2, 0) is 11.3 Å². The standard InChI is InChI=1S/C17H17ClN6O3/c1-12(27-14-5-3-2-4-13(14)18)17(26)20-8-9-23-16(25)7-6-15(22-23)24-11-19-10-21-24/h2-7,10-12H,8-9H2,1H3,(H,20,26). The highest BCUT2D eigenvalue weighted by Crippen LogP contribution is 2.24. The Bertz CT molecular complexity index is 973. The van der Waals surface area contributed by atoms with Crippen molar-refractivity contribution in [1.82, 2.24) is 29.9 Å². The topological polar surface area (TPSA) is 104 Å². The van der Waals surface area contributed by atoms with E-state index in [0.29, 0.717) is 16.6 Å². The number of benzene rings is 1. The minimum absolute atomic E-state index is 0.200. The second-order valence-corrected chi connectivity index (χ2v) is 5.98. The van der Waals surface area contributed by atoms with Gasteiger partial charge in [-0.1, -0.05) is 23.7 Å². The summed E-state index contributed by atoms with van der Waals surface area (Å²) < 4.78 is 8.24. The molecular formula is C17H17ClN6O3. The van der Waals surface area contributed by atoms with E-state index in [0.717, 1.165) is 0 Å². The van der Waals surface area contributed by atoms with Crippen LogP contribution in [0.25, 0.3) is 5.82 Å². The summed E-state index contributed by atoms with van der Waals surface area (Å²) >= 11 is 6.02. The fourth-order valence-corrected chi connectivity index (χ4v) is 2.44. The maximum atomic E-state index is 12.2. The number of carbonyl (C=O) groups is 1. The van der Waals surface area contributed by atoms with Crippen LogP contribution in [0, 0.1) is 0 Å². The predicted octanol–water partition coefficient (Wildman–Crippen LogP) is 1.06. The lowest BCUT2D eigenvalue weighted by Crippen LogP contribution is -2.39. The van der Waals surface area contributed by atoms with Gasteiger partial charge in [0.05, 0.1) is 11.6 Å². The summed E-state index contributed by atoms with van der Waals surface area (Å²) in [5.41, 5.74) is -0.284. The van der Waals surface area contributed by atoms with Crippen molar-refractivity contribution >= 4 is 17.5 Å². The molecule has 1 amide bonds. The average molecular weight is 389 g/mol. The first kappa shape index (κ1) is 18.6. The van der Waals surface area contributed by atoms with Gasteiger partial charge in [-0.05, 0) is 25.1 Å². The van der Waals surface area contributed by atoms with Crippen molar-refractivity contribution in [3.05, 3.63) is 64.4 Å². The number of amides is 1. The second kappa shape index (κ2) is 8.45. The molecule has 0 fully saturated rings. The molecule has 27 heavy (non-hydrogen) atoms. The number of halogens is 1. The largest absolute Gasteiger partial charge is 0.479 e. The van der Waals surface area contributed by atoms with Crippen LogP contribution in [0.5, 0.6) is 5.75 Å². The van der Waals surface area contributed by atoms with Gasteiger partial charge < -0.3 is 10.1 Å². The number of hydrogen-bond acceptors (Lipinski definition) is 6. The minimum atomic E-state index is -0.740. The maximum absolute atomic E-state index is 12.2. The Morgan fingerprint density at radius 3 is 2.85 bits per heavy atom. The first-order valence-electron chi connectivity index (χ1n) is 8.16. The minimum Gasteiger partial charge on any atom is -0.479 e. The van der Waals surface area contributed by atoms with E-state index < -0.39 is 6.10 Å². The molecule has 0 spiro atoms. The quantitative estimate of drug-likeness (QED) is 0.649. The highest BCUT2D eigenvalue weighted by atomic mass is 35.5. The van der Waals surface area contributed by atoms with Gasteiger partial charge >= 0.3 is 0 Å². The Kier molecular flexibility index (Phi) is 5.82. The van der Waals surface area contributed by atoms with Gasteiger partial charge in [-0.2, -0.15) is 5.10 Å². The van der Waals surface area contributed by atoms with Crippen molar-refractivity contribution < 1.29 is 9.53 Å². The molecule has 1 unspecified atom stereocenters. The number of aromatic nitrogens is 5. The molecule has 0 aliphatic heterocycles. The molecule has 0 radical (unpaired) electrons. The van der Waals surface area contributed by atoms with Crippen LogP contribution < -0.4 is 15.6 Å². The van der Waals surface area contributed by atoms with E-state index in [-0.39, 0.29) is 24.6 Å². The Hall–Kier alpha value is -3.20. The summed E-state index contributed by atoms with van der Waals surface area (Å²) in [5.74, 6) is 0.560. The van der Waals surface area contributed by atoms with Crippen molar-refractivity contribution in [3.8, 4) is 11.6 Å². The molecule has 2 heterocycles. The first-order valence-corrected chi connectivity index (χ1v) is 8.54. The Balaban J connectivity index is 1.56. The predicted molar refractivity (Wildman–Crippen MR) is 98.0 cm³/mol. The average Bonchev–Trinajstić information content (AvgIpc) is 3.19. The zero-order valence-electron chi connectivity index (χ0n) is 14.4. The van der Waals surface area contributed by atoms with E-state index in [2.05, 4.69) is 20.5 Å². The zero-order valence-corrected chi connectivity index (χ0v) is 15.2. The maximum Gasteiger partial charge on any atom is 0.266 e. The summed E-state index contributed by atoms with van der Waals surface area (Å²) in [7, 11) is 0. The number of ether oxygens (including phenoxy) is 1. The van der Waals surface area contributed by atoms with Gasteiger partial charge in [0.1, 0.15) is 18.4 Å². The monoisotopic (exact) mass is 388 g/mol. The van der Waals surface area contributed by atoms with Gasteiger partial charge in [0.25, 0.3) is 11.5 Å². The van der Waals surface area contributed by atoms with Crippen LogP contribution >= 0.6 is 11.6 Å². The zero-order chi connectivity index (χ0) is 19.2. The van der Waals surface area contributed by atoms with Crippen LogP contribution in [0.1, 0.15) is 6.92 Å². The molecule has 1 N–H and O–H groups in total. The Labute approximate surface area is 159 Å². The summed E-state index contributed by atoms with van der Waals surface area (Å²) in [6, 6.07) is 9.84. The van der Waals surface area contributed by atoms with Crippen molar-refractivity contribution in [2.24, 2.45) is 0 Å².